The van der Waals surface area contributed by atoms with Gasteiger partial charge < -0.3 is 10.6 Å². The highest BCUT2D eigenvalue weighted by Gasteiger charge is 2.27. The Bertz CT molecular complexity index is 823. The van der Waals surface area contributed by atoms with E-state index in [0.717, 1.165) is 39.0 Å². The molecular weight excluding hydrogens is 441 g/mol. The Morgan fingerprint density at radius 3 is 2.57 bits per heavy atom. The predicted molar refractivity (Wildman–Crippen MR) is 129 cm³/mol. The van der Waals surface area contributed by atoms with Crippen LogP contribution in [0.3, 0.4) is 0 Å². The van der Waals surface area contributed by atoms with Gasteiger partial charge in [0, 0.05) is 49.4 Å². The zero-order chi connectivity index (χ0) is 19.3. The molecule has 0 spiro atoms. The highest BCUT2D eigenvalue weighted by molar-refractivity contribution is 6.30. The lowest BCUT2D eigenvalue weighted by Crippen LogP contribution is -2.45. The Balaban J connectivity index is 0.00000160. The fourth-order valence-electron chi connectivity index (χ4n) is 4.52. The minimum absolute atomic E-state index is 0. The van der Waals surface area contributed by atoms with Crippen molar-refractivity contribution in [2.24, 2.45) is 0 Å². The van der Waals surface area contributed by atoms with Crippen molar-refractivity contribution >= 4 is 42.3 Å². The van der Waals surface area contributed by atoms with Crippen molar-refractivity contribution in [3.8, 4) is 0 Å². The predicted octanol–water partition coefficient (Wildman–Crippen LogP) is 4.44. The van der Waals surface area contributed by atoms with E-state index >= 15 is 0 Å². The Hall–Kier alpha value is -1.30. The van der Waals surface area contributed by atoms with Crippen LogP contribution in [-0.4, -0.2) is 43.5 Å². The van der Waals surface area contributed by atoms with Crippen LogP contribution in [0.15, 0.2) is 42.5 Å². The number of piperazine rings is 1. The fraction of sp³-hybridized carbons (Fsp3) is 0.435. The van der Waals surface area contributed by atoms with E-state index < -0.39 is 0 Å². The van der Waals surface area contributed by atoms with Crippen LogP contribution >= 0.6 is 36.4 Å². The Labute approximate surface area is 196 Å². The molecule has 164 valence electrons. The van der Waals surface area contributed by atoms with E-state index in [0.29, 0.717) is 23.2 Å². The van der Waals surface area contributed by atoms with Gasteiger partial charge in [-0.15, -0.1) is 24.8 Å². The average molecular weight is 471 g/mol. The van der Waals surface area contributed by atoms with E-state index in [1.165, 1.54) is 29.5 Å². The van der Waals surface area contributed by atoms with Crippen molar-refractivity contribution < 1.29 is 4.79 Å². The lowest BCUT2D eigenvalue weighted by Gasteiger charge is -2.39. The minimum Gasteiger partial charge on any atom is -0.352 e. The Morgan fingerprint density at radius 1 is 1.10 bits per heavy atom. The van der Waals surface area contributed by atoms with Gasteiger partial charge in [0.05, 0.1) is 0 Å². The van der Waals surface area contributed by atoms with Gasteiger partial charge in [0.2, 0.25) is 0 Å². The standard InChI is InChI=1S/C23H28ClN3O.2ClH/c24-19-9-7-18(8-10-19)23(28)26-12-11-17-3-1-5-21-20(17)4-2-6-22(21)27-15-13-25-14-16-27;;/h1,3,5,7-10,22,25H,2,4,6,11-16H2,(H,26,28);2*1H. The second kappa shape index (κ2) is 11.9. The van der Waals surface area contributed by atoms with Crippen molar-refractivity contribution in [2.45, 2.75) is 31.7 Å². The maximum Gasteiger partial charge on any atom is 0.251 e. The summed E-state index contributed by atoms with van der Waals surface area (Å²) in [4.78, 5) is 15.0. The summed E-state index contributed by atoms with van der Waals surface area (Å²) < 4.78 is 0. The highest BCUT2D eigenvalue weighted by Crippen LogP contribution is 2.36. The summed E-state index contributed by atoms with van der Waals surface area (Å²) in [7, 11) is 0. The zero-order valence-corrected chi connectivity index (χ0v) is 19.4. The molecule has 1 amide bonds. The van der Waals surface area contributed by atoms with Crippen LogP contribution in [0.2, 0.25) is 5.02 Å². The van der Waals surface area contributed by atoms with Gasteiger partial charge in [0.15, 0.2) is 0 Å². The first-order valence-electron chi connectivity index (χ1n) is 10.3. The van der Waals surface area contributed by atoms with Crippen molar-refractivity contribution in [1.29, 1.82) is 0 Å². The second-order valence-electron chi connectivity index (χ2n) is 7.69. The van der Waals surface area contributed by atoms with Gasteiger partial charge in [-0.1, -0.05) is 29.8 Å². The molecule has 4 rings (SSSR count). The van der Waals surface area contributed by atoms with Crippen molar-refractivity contribution in [1.82, 2.24) is 15.5 Å². The molecule has 1 saturated heterocycles. The Kier molecular flexibility index (Phi) is 9.92. The molecule has 0 bridgehead atoms. The summed E-state index contributed by atoms with van der Waals surface area (Å²) in [6.07, 6.45) is 4.52. The third kappa shape index (κ3) is 5.89. The van der Waals surface area contributed by atoms with E-state index in [9.17, 15) is 4.79 Å². The van der Waals surface area contributed by atoms with Crippen LogP contribution in [0.1, 0.15) is 45.9 Å². The molecular formula is C23H30Cl3N3O. The second-order valence-corrected chi connectivity index (χ2v) is 8.13. The molecule has 4 nitrogen and oxygen atoms in total. The van der Waals surface area contributed by atoms with Crippen molar-refractivity contribution in [2.75, 3.05) is 32.7 Å². The van der Waals surface area contributed by atoms with E-state index in [1.54, 1.807) is 24.3 Å². The summed E-state index contributed by atoms with van der Waals surface area (Å²) in [5.41, 5.74) is 5.06. The summed E-state index contributed by atoms with van der Waals surface area (Å²) in [6.45, 7) is 5.08. The topological polar surface area (TPSA) is 44.4 Å². The number of fused-ring (bicyclic) bond motifs is 1. The van der Waals surface area contributed by atoms with E-state index in [4.69, 9.17) is 11.6 Å². The highest BCUT2D eigenvalue weighted by atomic mass is 35.5. The van der Waals surface area contributed by atoms with Crippen LogP contribution in [0, 0.1) is 0 Å². The normalized spacial score (nSPS) is 18.5. The SMILES string of the molecule is Cl.Cl.O=C(NCCc1cccc2c1CCCC2N1CCNCC1)c1ccc(Cl)cc1. The molecule has 1 atom stereocenters. The first kappa shape index (κ1) is 25.0. The molecule has 30 heavy (non-hydrogen) atoms. The third-order valence-electron chi connectivity index (χ3n) is 5.95. The molecule has 0 radical (unpaired) electrons. The van der Waals surface area contributed by atoms with Gasteiger partial charge in [-0.25, -0.2) is 0 Å². The lowest BCUT2D eigenvalue weighted by atomic mass is 9.83. The number of carbonyl (C=O) groups is 1. The van der Waals surface area contributed by atoms with Crippen molar-refractivity contribution in [3.63, 3.8) is 0 Å². The largest absolute Gasteiger partial charge is 0.352 e. The van der Waals surface area contributed by atoms with Gasteiger partial charge in [0.1, 0.15) is 0 Å². The molecule has 2 N–H and O–H groups in total. The quantitative estimate of drug-likeness (QED) is 0.679. The fourth-order valence-corrected chi connectivity index (χ4v) is 4.65. The molecule has 2 aromatic rings. The first-order valence-corrected chi connectivity index (χ1v) is 10.7. The van der Waals surface area contributed by atoms with E-state index in [-0.39, 0.29) is 30.7 Å². The molecule has 1 fully saturated rings. The van der Waals surface area contributed by atoms with Gasteiger partial charge in [-0.2, -0.15) is 0 Å². The van der Waals surface area contributed by atoms with Gasteiger partial charge >= 0.3 is 0 Å². The van der Waals surface area contributed by atoms with Gasteiger partial charge in [0.25, 0.3) is 5.91 Å². The van der Waals surface area contributed by atoms with Gasteiger partial charge in [-0.3, -0.25) is 9.69 Å². The number of amides is 1. The van der Waals surface area contributed by atoms with Crippen LogP contribution in [-0.2, 0) is 12.8 Å². The summed E-state index contributed by atoms with van der Waals surface area (Å²) in [5, 5.41) is 7.15. The van der Waals surface area contributed by atoms with E-state index in [1.807, 2.05) is 0 Å². The lowest BCUT2D eigenvalue weighted by molar-refractivity contribution is 0.0954. The maximum atomic E-state index is 12.3. The average Bonchev–Trinajstić information content (AvgIpc) is 2.74. The van der Waals surface area contributed by atoms with Crippen LogP contribution in [0.5, 0.6) is 0 Å². The van der Waals surface area contributed by atoms with Crippen LogP contribution < -0.4 is 10.6 Å². The number of nitrogens with zero attached hydrogens (tertiary/aromatic N) is 1. The minimum atomic E-state index is -0.0415. The van der Waals surface area contributed by atoms with Gasteiger partial charge in [-0.05, 0) is 66.6 Å². The number of hydrogen-bond donors (Lipinski definition) is 2. The van der Waals surface area contributed by atoms with E-state index in [2.05, 4.69) is 33.7 Å². The maximum absolute atomic E-state index is 12.3. The Morgan fingerprint density at radius 2 is 1.83 bits per heavy atom. The first-order chi connectivity index (χ1) is 13.7. The molecule has 2 aliphatic rings. The number of hydrogen-bond acceptors (Lipinski definition) is 3. The number of nitrogens with one attached hydrogen (secondary N) is 2. The molecule has 0 aromatic heterocycles. The number of rotatable bonds is 5. The molecule has 7 heteroatoms. The smallest absolute Gasteiger partial charge is 0.251 e. The summed E-state index contributed by atoms with van der Waals surface area (Å²) in [5.74, 6) is -0.0415. The summed E-state index contributed by atoms with van der Waals surface area (Å²) in [6, 6.07) is 14.3. The molecule has 1 aliphatic heterocycles. The molecule has 2 aromatic carbocycles. The van der Waals surface area contributed by atoms with Crippen molar-refractivity contribution in [3.05, 3.63) is 69.7 Å². The molecule has 1 aliphatic carbocycles. The molecule has 1 unspecified atom stereocenters. The number of halogens is 3. The number of carbonyl (C=O) groups excluding carboxylic acids is 1. The molecule has 1 heterocycles. The molecule has 0 saturated carbocycles. The van der Waals surface area contributed by atoms with Crippen LogP contribution in [0.25, 0.3) is 0 Å². The monoisotopic (exact) mass is 469 g/mol. The van der Waals surface area contributed by atoms with Crippen LogP contribution in [0.4, 0.5) is 0 Å². The number of benzene rings is 2. The summed E-state index contributed by atoms with van der Waals surface area (Å²) >= 11 is 5.90. The zero-order valence-electron chi connectivity index (χ0n) is 17.0. The third-order valence-corrected chi connectivity index (χ3v) is 6.20.